The molecule has 2 N–H and O–H groups in total. The standard InChI is InChI=1S/C21H29N7/c1-3-23-21(24-10-8-20-25-17-6-4-5-7-18(17)26-20)27-12-9-16(2)19(14-27)28-13-11-22-15-28/h4-7,11,13,15-16,19H,3,8-10,12,14H2,1-2H3,(H,23,24)(H,25,26). The van der Waals surface area contributed by atoms with Crippen molar-refractivity contribution in [1.82, 2.24) is 29.7 Å². The van der Waals surface area contributed by atoms with E-state index in [4.69, 9.17) is 4.99 Å². The highest BCUT2D eigenvalue weighted by atomic mass is 15.3. The molecule has 4 rings (SSSR count). The maximum Gasteiger partial charge on any atom is 0.193 e. The summed E-state index contributed by atoms with van der Waals surface area (Å²) >= 11 is 0. The molecule has 2 aromatic heterocycles. The second-order valence-electron chi connectivity index (χ2n) is 7.48. The Hall–Kier alpha value is -2.83. The number of H-pyrrole nitrogens is 1. The molecule has 0 radical (unpaired) electrons. The van der Waals surface area contributed by atoms with E-state index in [0.29, 0.717) is 18.5 Å². The zero-order valence-corrected chi connectivity index (χ0v) is 16.7. The number of rotatable bonds is 5. The van der Waals surface area contributed by atoms with Crippen LogP contribution in [0.15, 0.2) is 48.0 Å². The van der Waals surface area contributed by atoms with Crippen molar-refractivity contribution in [2.24, 2.45) is 10.9 Å². The number of aromatic nitrogens is 4. The molecular formula is C21H29N7. The van der Waals surface area contributed by atoms with E-state index in [9.17, 15) is 0 Å². The summed E-state index contributed by atoms with van der Waals surface area (Å²) in [5, 5.41) is 3.47. The Kier molecular flexibility index (Phi) is 5.60. The minimum atomic E-state index is 0.426. The van der Waals surface area contributed by atoms with Crippen LogP contribution >= 0.6 is 0 Å². The number of nitrogens with zero attached hydrogens (tertiary/aromatic N) is 5. The highest BCUT2D eigenvalue weighted by molar-refractivity contribution is 5.80. The normalized spacial score (nSPS) is 20.6. The van der Waals surface area contributed by atoms with Crippen molar-refractivity contribution in [3.05, 3.63) is 48.8 Å². The Morgan fingerprint density at radius 1 is 1.36 bits per heavy atom. The van der Waals surface area contributed by atoms with Crippen LogP contribution in [0.4, 0.5) is 0 Å². The Morgan fingerprint density at radius 2 is 2.25 bits per heavy atom. The third kappa shape index (κ3) is 4.03. The number of fused-ring (bicyclic) bond motifs is 1. The van der Waals surface area contributed by atoms with Crippen LogP contribution in [0.1, 0.15) is 32.1 Å². The smallest absolute Gasteiger partial charge is 0.193 e. The SMILES string of the molecule is CCNC(=NCCc1nc2ccccc2[nH]1)N1CCC(C)C(n2ccnc2)C1. The largest absolute Gasteiger partial charge is 0.357 e. The summed E-state index contributed by atoms with van der Waals surface area (Å²) in [5.41, 5.74) is 2.10. The van der Waals surface area contributed by atoms with Gasteiger partial charge in [0, 0.05) is 45.0 Å². The van der Waals surface area contributed by atoms with Gasteiger partial charge in [-0.3, -0.25) is 4.99 Å². The number of benzene rings is 1. The van der Waals surface area contributed by atoms with Gasteiger partial charge in [0.25, 0.3) is 0 Å². The molecule has 148 valence electrons. The van der Waals surface area contributed by atoms with Gasteiger partial charge in [-0.25, -0.2) is 9.97 Å². The first-order valence-electron chi connectivity index (χ1n) is 10.2. The van der Waals surface area contributed by atoms with E-state index in [0.717, 1.165) is 55.3 Å². The number of hydrogen-bond acceptors (Lipinski definition) is 3. The number of aliphatic imine (C=N–C) groups is 1. The molecule has 3 heterocycles. The number of hydrogen-bond donors (Lipinski definition) is 2. The Balaban J connectivity index is 1.43. The Morgan fingerprint density at radius 3 is 3.04 bits per heavy atom. The number of piperidine rings is 1. The van der Waals surface area contributed by atoms with Gasteiger partial charge >= 0.3 is 0 Å². The van der Waals surface area contributed by atoms with Crippen LogP contribution in [0.25, 0.3) is 11.0 Å². The summed E-state index contributed by atoms with van der Waals surface area (Å²) in [6, 6.07) is 8.57. The molecule has 7 nitrogen and oxygen atoms in total. The maximum absolute atomic E-state index is 4.89. The molecule has 28 heavy (non-hydrogen) atoms. The van der Waals surface area contributed by atoms with Gasteiger partial charge in [0.1, 0.15) is 5.82 Å². The summed E-state index contributed by atoms with van der Waals surface area (Å²) < 4.78 is 2.23. The minimum Gasteiger partial charge on any atom is -0.357 e. The van der Waals surface area contributed by atoms with Crippen molar-refractivity contribution < 1.29 is 0 Å². The van der Waals surface area contributed by atoms with Gasteiger partial charge in [0.15, 0.2) is 5.96 Å². The molecule has 0 aliphatic carbocycles. The molecule has 0 amide bonds. The van der Waals surface area contributed by atoms with Gasteiger partial charge in [-0.1, -0.05) is 19.1 Å². The Bertz CT molecular complexity index is 879. The summed E-state index contributed by atoms with van der Waals surface area (Å²) in [6.45, 7) is 8.01. The average Bonchev–Trinajstić information content (AvgIpc) is 3.37. The molecule has 1 aromatic carbocycles. The van der Waals surface area contributed by atoms with Crippen LogP contribution < -0.4 is 5.32 Å². The van der Waals surface area contributed by atoms with Gasteiger partial charge in [0.05, 0.1) is 23.4 Å². The lowest BCUT2D eigenvalue weighted by Gasteiger charge is -2.39. The van der Waals surface area contributed by atoms with Crippen LogP contribution in [0, 0.1) is 5.92 Å². The fourth-order valence-corrected chi connectivity index (χ4v) is 3.91. The molecule has 0 spiro atoms. The van der Waals surface area contributed by atoms with E-state index in [-0.39, 0.29) is 0 Å². The zero-order valence-electron chi connectivity index (χ0n) is 16.7. The molecule has 2 atom stereocenters. The van der Waals surface area contributed by atoms with Gasteiger partial charge in [-0.05, 0) is 31.4 Å². The number of imidazole rings is 2. The number of nitrogens with one attached hydrogen (secondary N) is 2. The fraction of sp³-hybridized carbons (Fsp3) is 0.476. The quantitative estimate of drug-likeness (QED) is 0.528. The highest BCUT2D eigenvalue weighted by Gasteiger charge is 2.28. The second kappa shape index (κ2) is 8.46. The second-order valence-corrected chi connectivity index (χ2v) is 7.48. The van der Waals surface area contributed by atoms with E-state index in [1.54, 1.807) is 0 Å². The van der Waals surface area contributed by atoms with Crippen LogP contribution in [0.3, 0.4) is 0 Å². The topological polar surface area (TPSA) is 74.1 Å². The summed E-state index contributed by atoms with van der Waals surface area (Å²) in [4.78, 5) is 19.5. The molecule has 0 bridgehead atoms. The van der Waals surface area contributed by atoms with Gasteiger partial charge in [0.2, 0.25) is 0 Å². The van der Waals surface area contributed by atoms with Gasteiger partial charge in [-0.2, -0.15) is 0 Å². The minimum absolute atomic E-state index is 0.426. The monoisotopic (exact) mass is 379 g/mol. The first-order valence-corrected chi connectivity index (χ1v) is 10.2. The van der Waals surface area contributed by atoms with Gasteiger partial charge < -0.3 is 19.8 Å². The van der Waals surface area contributed by atoms with Crippen LogP contribution in [0.5, 0.6) is 0 Å². The fourth-order valence-electron chi connectivity index (χ4n) is 3.91. The first kappa shape index (κ1) is 18.5. The van der Waals surface area contributed by atoms with E-state index in [2.05, 4.69) is 55.8 Å². The lowest BCUT2D eigenvalue weighted by atomic mass is 9.93. The van der Waals surface area contributed by atoms with Crippen molar-refractivity contribution in [3.8, 4) is 0 Å². The number of aromatic amines is 1. The average molecular weight is 380 g/mol. The van der Waals surface area contributed by atoms with Crippen molar-refractivity contribution >= 4 is 17.0 Å². The van der Waals surface area contributed by atoms with E-state index in [1.807, 2.05) is 30.7 Å². The summed E-state index contributed by atoms with van der Waals surface area (Å²) in [6.07, 6.45) is 7.81. The van der Waals surface area contributed by atoms with Crippen molar-refractivity contribution in [2.45, 2.75) is 32.7 Å². The van der Waals surface area contributed by atoms with Crippen molar-refractivity contribution in [2.75, 3.05) is 26.2 Å². The van der Waals surface area contributed by atoms with Gasteiger partial charge in [-0.15, -0.1) is 0 Å². The number of likely N-dealkylation sites (tertiary alicyclic amines) is 1. The molecule has 1 aliphatic rings. The van der Waals surface area contributed by atoms with Crippen LogP contribution in [-0.4, -0.2) is 56.6 Å². The summed E-state index contributed by atoms with van der Waals surface area (Å²) in [7, 11) is 0. The van der Waals surface area contributed by atoms with E-state index >= 15 is 0 Å². The third-order valence-electron chi connectivity index (χ3n) is 5.51. The molecule has 1 saturated heterocycles. The molecule has 1 fully saturated rings. The first-order chi connectivity index (χ1) is 13.7. The molecule has 1 aliphatic heterocycles. The molecule has 0 saturated carbocycles. The Labute approximate surface area is 165 Å². The number of para-hydroxylation sites is 2. The lowest BCUT2D eigenvalue weighted by Crippen LogP contribution is -2.49. The highest BCUT2D eigenvalue weighted by Crippen LogP contribution is 2.27. The predicted molar refractivity (Wildman–Crippen MR) is 112 cm³/mol. The van der Waals surface area contributed by atoms with Crippen molar-refractivity contribution in [3.63, 3.8) is 0 Å². The number of guanidine groups is 1. The molecule has 7 heteroatoms. The zero-order chi connectivity index (χ0) is 19.3. The van der Waals surface area contributed by atoms with E-state index < -0.39 is 0 Å². The predicted octanol–water partition coefficient (Wildman–Crippen LogP) is 2.85. The lowest BCUT2D eigenvalue weighted by molar-refractivity contribution is 0.189. The van der Waals surface area contributed by atoms with Crippen LogP contribution in [-0.2, 0) is 6.42 Å². The van der Waals surface area contributed by atoms with Crippen molar-refractivity contribution in [1.29, 1.82) is 0 Å². The molecular weight excluding hydrogens is 350 g/mol. The molecule has 2 unspecified atom stereocenters. The third-order valence-corrected chi connectivity index (χ3v) is 5.51. The molecule has 3 aromatic rings. The maximum atomic E-state index is 4.89. The van der Waals surface area contributed by atoms with E-state index in [1.165, 1.54) is 0 Å². The summed E-state index contributed by atoms with van der Waals surface area (Å²) in [5.74, 6) is 2.61. The van der Waals surface area contributed by atoms with Crippen LogP contribution in [0.2, 0.25) is 0 Å².